The number of aldehydes is 1. The molecular weight excluding hydrogens is 432 g/mol. The van der Waals surface area contributed by atoms with E-state index in [-0.39, 0.29) is 12.1 Å². The van der Waals surface area contributed by atoms with Crippen molar-refractivity contribution in [3.8, 4) is 5.82 Å². The van der Waals surface area contributed by atoms with E-state index in [0.29, 0.717) is 52.6 Å². The van der Waals surface area contributed by atoms with Crippen molar-refractivity contribution in [3.05, 3.63) is 82.4 Å². The third kappa shape index (κ3) is 3.50. The van der Waals surface area contributed by atoms with Gasteiger partial charge >= 0.3 is 0 Å². The molecule has 0 unspecified atom stereocenters. The van der Waals surface area contributed by atoms with E-state index in [1.165, 1.54) is 10.9 Å². The average molecular weight is 457 g/mol. The Hall–Kier alpha value is -4.11. The molecule has 0 saturated carbocycles. The van der Waals surface area contributed by atoms with Crippen LogP contribution in [-0.4, -0.2) is 35.7 Å². The molecule has 1 atom stereocenters. The van der Waals surface area contributed by atoms with Gasteiger partial charge in [-0.3, -0.25) is 9.59 Å². The van der Waals surface area contributed by atoms with Gasteiger partial charge in [-0.1, -0.05) is 19.1 Å². The number of aryl methyl sites for hydroxylation is 1. The molecule has 34 heavy (non-hydrogen) atoms. The maximum Gasteiger partial charge on any atom is 0.278 e. The number of hydrogen-bond acceptors (Lipinski definition) is 7. The van der Waals surface area contributed by atoms with Crippen LogP contribution in [0.15, 0.2) is 60.0 Å². The van der Waals surface area contributed by atoms with Crippen LogP contribution in [0, 0.1) is 0 Å². The highest BCUT2D eigenvalue weighted by Gasteiger charge is 2.37. The second-order valence-electron chi connectivity index (χ2n) is 8.35. The molecule has 2 N–H and O–H groups in total. The second-order valence-corrected chi connectivity index (χ2v) is 8.35. The lowest BCUT2D eigenvalue weighted by molar-refractivity contribution is 0.0305. The Morgan fingerprint density at radius 1 is 1.21 bits per heavy atom. The minimum Gasteiger partial charge on any atom is -0.384 e. The highest BCUT2D eigenvalue weighted by atomic mass is 16.3. The lowest BCUT2D eigenvalue weighted by atomic mass is 9.98. The first-order chi connectivity index (χ1) is 16.5. The van der Waals surface area contributed by atoms with Crippen LogP contribution in [0.1, 0.15) is 41.4 Å². The van der Waals surface area contributed by atoms with Gasteiger partial charge in [0.2, 0.25) is 5.95 Å². The first kappa shape index (κ1) is 21.7. The third-order valence-electron chi connectivity index (χ3n) is 6.30. The van der Waals surface area contributed by atoms with Crippen molar-refractivity contribution in [1.82, 2.24) is 24.3 Å². The Morgan fingerprint density at radius 2 is 2.00 bits per heavy atom. The highest BCUT2D eigenvalue weighted by Crippen LogP contribution is 2.38. The van der Waals surface area contributed by atoms with E-state index in [4.69, 9.17) is 4.98 Å². The lowest BCUT2D eigenvalue weighted by Gasteiger charge is -2.21. The number of allylic oxidation sites excluding steroid dienone is 1. The molecule has 4 aromatic rings. The monoisotopic (exact) mass is 456 g/mol. The van der Waals surface area contributed by atoms with E-state index in [2.05, 4.69) is 21.9 Å². The minimum absolute atomic E-state index is 0.252. The number of nitrogens with zero attached hydrogens (tertiary/aromatic N) is 5. The number of anilines is 2. The molecule has 0 spiro atoms. The molecule has 9 nitrogen and oxygen atoms in total. The van der Waals surface area contributed by atoms with Crippen molar-refractivity contribution < 1.29 is 9.90 Å². The number of fused-ring (bicyclic) bond motifs is 2. The van der Waals surface area contributed by atoms with Crippen molar-refractivity contribution >= 4 is 29.0 Å². The second kappa shape index (κ2) is 8.35. The fourth-order valence-electron chi connectivity index (χ4n) is 4.39. The molecule has 0 aliphatic heterocycles. The van der Waals surface area contributed by atoms with Gasteiger partial charge < -0.3 is 10.4 Å². The van der Waals surface area contributed by atoms with Gasteiger partial charge in [-0.05, 0) is 55.2 Å². The molecule has 5 rings (SSSR count). The molecule has 3 aromatic heterocycles. The summed E-state index contributed by atoms with van der Waals surface area (Å²) in [5, 5.41) is 14.5. The number of hydrogen-bond donors (Lipinski definition) is 2. The van der Waals surface area contributed by atoms with Crippen LogP contribution in [0.25, 0.3) is 16.9 Å². The smallest absolute Gasteiger partial charge is 0.278 e. The summed E-state index contributed by atoms with van der Waals surface area (Å²) in [6.45, 7) is 5.97. The highest BCUT2D eigenvalue weighted by molar-refractivity contribution is 5.78. The molecule has 1 aliphatic carbocycles. The van der Waals surface area contributed by atoms with E-state index in [9.17, 15) is 14.7 Å². The number of rotatable bonds is 7. The summed E-state index contributed by atoms with van der Waals surface area (Å²) in [5.41, 5.74) is 2.07. The van der Waals surface area contributed by atoms with Crippen LogP contribution in [0.2, 0.25) is 0 Å². The maximum atomic E-state index is 13.2. The number of aliphatic hydroxyl groups is 1. The molecule has 0 amide bonds. The molecule has 172 valence electrons. The summed E-state index contributed by atoms with van der Waals surface area (Å²) >= 11 is 0. The summed E-state index contributed by atoms with van der Waals surface area (Å²) in [6.07, 6.45) is 5.84. The summed E-state index contributed by atoms with van der Waals surface area (Å²) in [5.74, 6) is 0.781. The van der Waals surface area contributed by atoms with E-state index in [0.717, 1.165) is 18.3 Å². The van der Waals surface area contributed by atoms with Crippen LogP contribution >= 0.6 is 0 Å². The van der Waals surface area contributed by atoms with Gasteiger partial charge in [-0.25, -0.2) is 19.3 Å². The lowest BCUT2D eigenvalue weighted by Crippen LogP contribution is -2.25. The molecule has 0 saturated heterocycles. The first-order valence-electron chi connectivity index (χ1n) is 11.1. The Balaban J connectivity index is 1.65. The van der Waals surface area contributed by atoms with E-state index in [1.807, 2.05) is 19.1 Å². The molecule has 0 radical (unpaired) electrons. The van der Waals surface area contributed by atoms with Gasteiger partial charge in [0.25, 0.3) is 5.56 Å². The Bertz CT molecular complexity index is 1470. The van der Waals surface area contributed by atoms with Crippen molar-refractivity contribution in [3.63, 3.8) is 0 Å². The number of aromatic nitrogens is 5. The molecule has 1 aliphatic rings. The van der Waals surface area contributed by atoms with Crippen LogP contribution in [0.3, 0.4) is 0 Å². The normalized spacial score (nSPS) is 17.0. The molecular formula is C25H24N6O3. The predicted octanol–water partition coefficient (Wildman–Crippen LogP) is 3.26. The number of benzene rings is 1. The Morgan fingerprint density at radius 3 is 2.71 bits per heavy atom. The third-order valence-corrected chi connectivity index (χ3v) is 6.30. The van der Waals surface area contributed by atoms with Crippen molar-refractivity contribution in [1.29, 1.82) is 0 Å². The number of carbonyl (C=O) groups excluding carboxylic acids is 1. The van der Waals surface area contributed by atoms with Gasteiger partial charge in [0.05, 0.1) is 12.2 Å². The fourth-order valence-corrected chi connectivity index (χ4v) is 4.39. The van der Waals surface area contributed by atoms with Crippen LogP contribution in [0.5, 0.6) is 0 Å². The fraction of sp³-hybridized carbons (Fsp3) is 0.240. The zero-order chi connectivity index (χ0) is 23.9. The summed E-state index contributed by atoms with van der Waals surface area (Å²) in [7, 11) is 0. The number of pyridine rings is 1. The van der Waals surface area contributed by atoms with Gasteiger partial charge in [-0.15, -0.1) is 6.58 Å². The van der Waals surface area contributed by atoms with Crippen molar-refractivity contribution in [2.75, 3.05) is 5.32 Å². The van der Waals surface area contributed by atoms with Crippen LogP contribution in [0.4, 0.5) is 11.6 Å². The first-order valence-corrected chi connectivity index (χ1v) is 11.1. The number of carbonyl (C=O) groups is 1. The minimum atomic E-state index is -0.979. The van der Waals surface area contributed by atoms with E-state index in [1.54, 1.807) is 35.0 Å². The average Bonchev–Trinajstić information content (AvgIpc) is 3.34. The Labute approximate surface area is 195 Å². The quantitative estimate of drug-likeness (QED) is 0.324. The van der Waals surface area contributed by atoms with Crippen molar-refractivity contribution in [2.24, 2.45) is 0 Å². The van der Waals surface area contributed by atoms with E-state index < -0.39 is 5.60 Å². The zero-order valence-corrected chi connectivity index (χ0v) is 18.7. The SMILES string of the molecule is C=CCn1c(=O)c2cnc(Nc3ccc(C=O)cc3)nc2n1-c1ccc2c(n1)[C@@](O)(CC)CC2. The standard InChI is InChI=1S/C25H24N6O3/c1-3-13-30-23(33)19-14-26-24(27-18-8-5-16(15-32)6-9-18)29-22(19)31(30)20-10-7-17-11-12-25(34,4-2)21(17)28-20/h3,5-10,14-15,34H,1,4,11-13H2,2H3,(H,26,27,29)/t25-/m1/s1. The van der Waals surface area contributed by atoms with Crippen molar-refractivity contribution in [2.45, 2.75) is 38.3 Å². The summed E-state index contributed by atoms with van der Waals surface area (Å²) in [4.78, 5) is 37.8. The Kier molecular flexibility index (Phi) is 5.33. The zero-order valence-electron chi connectivity index (χ0n) is 18.7. The molecule has 0 fully saturated rings. The van der Waals surface area contributed by atoms with Crippen LogP contribution < -0.4 is 10.9 Å². The van der Waals surface area contributed by atoms with E-state index >= 15 is 0 Å². The largest absolute Gasteiger partial charge is 0.384 e. The van der Waals surface area contributed by atoms with Crippen LogP contribution in [-0.2, 0) is 18.6 Å². The summed E-state index contributed by atoms with van der Waals surface area (Å²) in [6, 6.07) is 10.7. The summed E-state index contributed by atoms with van der Waals surface area (Å²) < 4.78 is 3.15. The van der Waals surface area contributed by atoms with Gasteiger partial charge in [0.1, 0.15) is 17.3 Å². The van der Waals surface area contributed by atoms with Gasteiger partial charge in [0, 0.05) is 17.4 Å². The topological polar surface area (TPSA) is 115 Å². The molecule has 1 aromatic carbocycles. The molecule has 3 heterocycles. The molecule has 0 bridgehead atoms. The number of nitrogens with one attached hydrogen (secondary N) is 1. The van der Waals surface area contributed by atoms with Gasteiger partial charge in [-0.2, -0.15) is 4.98 Å². The van der Waals surface area contributed by atoms with Gasteiger partial charge in [0.15, 0.2) is 11.5 Å². The maximum absolute atomic E-state index is 13.2. The predicted molar refractivity (Wildman–Crippen MR) is 129 cm³/mol. The molecule has 9 heteroatoms.